The molecule has 0 fully saturated rings. The second-order valence-electron chi connectivity index (χ2n) is 3.78. The lowest BCUT2D eigenvalue weighted by Gasteiger charge is -2.12. The Labute approximate surface area is 108 Å². The van der Waals surface area contributed by atoms with Crippen LogP contribution in [0.4, 0.5) is 10.8 Å². The second kappa shape index (κ2) is 4.58. The van der Waals surface area contributed by atoms with Crippen LogP contribution in [0.2, 0.25) is 0 Å². The third-order valence-corrected chi connectivity index (χ3v) is 3.66. The molecule has 3 nitrogen and oxygen atoms in total. The number of para-hydroxylation sites is 2. The number of benzene rings is 2. The highest BCUT2D eigenvalue weighted by atomic mass is 32.1. The van der Waals surface area contributed by atoms with E-state index in [9.17, 15) is 4.79 Å². The molecule has 0 unspecified atom stereocenters. The van der Waals surface area contributed by atoms with Gasteiger partial charge in [0.15, 0.2) is 5.13 Å². The van der Waals surface area contributed by atoms with Gasteiger partial charge in [0.1, 0.15) is 0 Å². The summed E-state index contributed by atoms with van der Waals surface area (Å²) in [5.41, 5.74) is 1.74. The van der Waals surface area contributed by atoms with Gasteiger partial charge in [0.2, 0.25) is 6.41 Å². The molecule has 0 bridgehead atoms. The third-order valence-electron chi connectivity index (χ3n) is 2.63. The Balaban J connectivity index is 2.09. The van der Waals surface area contributed by atoms with Crippen molar-refractivity contribution in [2.75, 3.05) is 4.90 Å². The Bertz CT molecular complexity index is 645. The molecule has 0 aliphatic heterocycles. The lowest BCUT2D eigenvalue weighted by molar-refractivity contribution is -0.106. The molecule has 0 saturated heterocycles. The molecular weight excluding hydrogens is 244 g/mol. The van der Waals surface area contributed by atoms with Crippen molar-refractivity contribution in [2.24, 2.45) is 0 Å². The van der Waals surface area contributed by atoms with Crippen LogP contribution >= 0.6 is 11.3 Å². The van der Waals surface area contributed by atoms with Crippen LogP contribution in [0.1, 0.15) is 0 Å². The first-order valence-electron chi connectivity index (χ1n) is 5.53. The molecule has 0 aliphatic carbocycles. The summed E-state index contributed by atoms with van der Waals surface area (Å²) < 4.78 is 1.08. The Morgan fingerprint density at radius 2 is 1.72 bits per heavy atom. The average Bonchev–Trinajstić information content (AvgIpc) is 2.84. The van der Waals surface area contributed by atoms with Crippen LogP contribution in [-0.2, 0) is 4.79 Å². The third kappa shape index (κ3) is 1.87. The Kier molecular flexibility index (Phi) is 2.78. The first-order valence-corrected chi connectivity index (χ1v) is 6.35. The van der Waals surface area contributed by atoms with Gasteiger partial charge in [0.05, 0.1) is 15.9 Å². The molecule has 0 spiro atoms. The SMILES string of the molecule is O=CN(c1ccccc1)c1nc2ccccc2s1. The largest absolute Gasteiger partial charge is 0.278 e. The molecule has 3 aromatic rings. The summed E-state index contributed by atoms with van der Waals surface area (Å²) in [6, 6.07) is 17.4. The maximum Gasteiger partial charge on any atom is 0.220 e. The number of anilines is 2. The highest BCUT2D eigenvalue weighted by Crippen LogP contribution is 2.31. The molecule has 4 heteroatoms. The topological polar surface area (TPSA) is 33.2 Å². The summed E-state index contributed by atoms with van der Waals surface area (Å²) in [6.45, 7) is 0. The zero-order valence-corrected chi connectivity index (χ0v) is 10.3. The Hall–Kier alpha value is -2.20. The summed E-state index contributed by atoms with van der Waals surface area (Å²) in [6.07, 6.45) is 0.799. The minimum atomic E-state index is 0.692. The second-order valence-corrected chi connectivity index (χ2v) is 4.78. The lowest BCUT2D eigenvalue weighted by Crippen LogP contribution is -2.13. The minimum absolute atomic E-state index is 0.692. The monoisotopic (exact) mass is 254 g/mol. The summed E-state index contributed by atoms with van der Waals surface area (Å²) in [5.74, 6) is 0. The maximum atomic E-state index is 11.3. The number of fused-ring (bicyclic) bond motifs is 1. The zero-order chi connectivity index (χ0) is 12.4. The predicted octanol–water partition coefficient (Wildman–Crippen LogP) is 3.59. The fraction of sp³-hybridized carbons (Fsp3) is 0. The summed E-state index contributed by atoms with van der Waals surface area (Å²) in [5, 5.41) is 0.692. The van der Waals surface area contributed by atoms with E-state index in [2.05, 4.69) is 4.98 Å². The van der Waals surface area contributed by atoms with Gasteiger partial charge < -0.3 is 0 Å². The van der Waals surface area contributed by atoms with Gasteiger partial charge in [-0.3, -0.25) is 9.69 Å². The van der Waals surface area contributed by atoms with Gasteiger partial charge in [-0.2, -0.15) is 0 Å². The van der Waals surface area contributed by atoms with E-state index in [1.807, 2.05) is 54.6 Å². The number of hydrogen-bond acceptors (Lipinski definition) is 3. The molecular formula is C14H10N2OS. The number of thiazole rings is 1. The average molecular weight is 254 g/mol. The highest BCUT2D eigenvalue weighted by Gasteiger charge is 2.12. The van der Waals surface area contributed by atoms with E-state index in [1.165, 1.54) is 11.3 Å². The van der Waals surface area contributed by atoms with E-state index in [-0.39, 0.29) is 0 Å². The van der Waals surface area contributed by atoms with Crippen molar-refractivity contribution in [1.29, 1.82) is 0 Å². The van der Waals surface area contributed by atoms with Crippen LogP contribution in [0.15, 0.2) is 54.6 Å². The van der Waals surface area contributed by atoms with Crippen LogP contribution < -0.4 is 4.90 Å². The molecule has 3 rings (SSSR count). The Morgan fingerprint density at radius 3 is 2.44 bits per heavy atom. The fourth-order valence-corrected chi connectivity index (χ4v) is 2.72. The summed E-state index contributed by atoms with van der Waals surface area (Å²) in [4.78, 5) is 17.3. The van der Waals surface area contributed by atoms with E-state index in [4.69, 9.17) is 0 Å². The minimum Gasteiger partial charge on any atom is -0.278 e. The molecule has 1 amide bonds. The van der Waals surface area contributed by atoms with Gasteiger partial charge in [0.25, 0.3) is 0 Å². The zero-order valence-electron chi connectivity index (χ0n) is 9.48. The Morgan fingerprint density at radius 1 is 1.00 bits per heavy atom. The van der Waals surface area contributed by atoms with Crippen molar-refractivity contribution < 1.29 is 4.79 Å². The maximum absolute atomic E-state index is 11.3. The van der Waals surface area contributed by atoms with Crippen molar-refractivity contribution in [2.45, 2.75) is 0 Å². The number of rotatable bonds is 3. The molecule has 0 saturated carbocycles. The van der Waals surface area contributed by atoms with Gasteiger partial charge in [-0.1, -0.05) is 41.7 Å². The molecule has 1 heterocycles. The number of nitrogens with zero attached hydrogens (tertiary/aromatic N) is 2. The van der Waals surface area contributed by atoms with E-state index >= 15 is 0 Å². The van der Waals surface area contributed by atoms with Gasteiger partial charge in [0, 0.05) is 0 Å². The lowest BCUT2D eigenvalue weighted by atomic mass is 10.3. The van der Waals surface area contributed by atoms with Crippen LogP contribution in [0.5, 0.6) is 0 Å². The van der Waals surface area contributed by atoms with Crippen LogP contribution in [0.25, 0.3) is 10.2 Å². The molecule has 0 radical (unpaired) electrons. The van der Waals surface area contributed by atoms with E-state index in [1.54, 1.807) is 4.90 Å². The van der Waals surface area contributed by atoms with Crippen molar-refractivity contribution in [1.82, 2.24) is 4.98 Å². The van der Waals surface area contributed by atoms with E-state index in [0.717, 1.165) is 22.3 Å². The highest BCUT2D eigenvalue weighted by molar-refractivity contribution is 7.22. The van der Waals surface area contributed by atoms with Crippen LogP contribution in [0.3, 0.4) is 0 Å². The van der Waals surface area contributed by atoms with E-state index in [0.29, 0.717) is 5.13 Å². The fourth-order valence-electron chi connectivity index (χ4n) is 1.77. The molecule has 2 aromatic carbocycles. The molecule has 0 aliphatic rings. The smallest absolute Gasteiger partial charge is 0.220 e. The molecule has 1 aromatic heterocycles. The molecule has 0 atom stereocenters. The molecule has 88 valence electrons. The standard InChI is InChI=1S/C14H10N2OS/c17-10-16(11-6-2-1-3-7-11)14-15-12-8-4-5-9-13(12)18-14/h1-10H. The molecule has 18 heavy (non-hydrogen) atoms. The van der Waals surface area contributed by atoms with Crippen molar-refractivity contribution in [3.05, 3.63) is 54.6 Å². The van der Waals surface area contributed by atoms with Crippen LogP contribution in [-0.4, -0.2) is 11.4 Å². The molecule has 0 N–H and O–H groups in total. The first kappa shape index (κ1) is 10.9. The van der Waals surface area contributed by atoms with Gasteiger partial charge >= 0.3 is 0 Å². The van der Waals surface area contributed by atoms with Gasteiger partial charge in [-0.05, 0) is 24.3 Å². The quantitative estimate of drug-likeness (QED) is 0.669. The van der Waals surface area contributed by atoms with Gasteiger partial charge in [-0.15, -0.1) is 0 Å². The number of carbonyl (C=O) groups excluding carboxylic acids is 1. The normalized spacial score (nSPS) is 10.4. The van der Waals surface area contributed by atoms with Crippen molar-refractivity contribution >= 4 is 38.8 Å². The van der Waals surface area contributed by atoms with Crippen LogP contribution in [0, 0.1) is 0 Å². The first-order chi connectivity index (χ1) is 8.88. The van der Waals surface area contributed by atoms with Crippen molar-refractivity contribution in [3.63, 3.8) is 0 Å². The summed E-state index contributed by atoms with van der Waals surface area (Å²) >= 11 is 1.51. The van der Waals surface area contributed by atoms with Gasteiger partial charge in [-0.25, -0.2) is 4.98 Å². The number of aromatic nitrogens is 1. The van der Waals surface area contributed by atoms with E-state index < -0.39 is 0 Å². The predicted molar refractivity (Wildman–Crippen MR) is 74.3 cm³/mol. The van der Waals surface area contributed by atoms with Crippen molar-refractivity contribution in [3.8, 4) is 0 Å². The number of hydrogen-bond donors (Lipinski definition) is 0. The number of carbonyl (C=O) groups is 1. The summed E-state index contributed by atoms with van der Waals surface area (Å²) in [7, 11) is 0. The number of amides is 1.